The Morgan fingerprint density at radius 1 is 0.862 bits per heavy atom. The summed E-state index contributed by atoms with van der Waals surface area (Å²) in [6.07, 6.45) is 0.632. The molecule has 2 amide bonds. The summed E-state index contributed by atoms with van der Waals surface area (Å²) in [4.78, 5) is 30.6. The van der Waals surface area contributed by atoms with Crippen LogP contribution in [0.3, 0.4) is 0 Å². The molecule has 0 spiro atoms. The van der Waals surface area contributed by atoms with Crippen LogP contribution in [-0.2, 0) is 16.0 Å². The molecule has 0 aliphatic heterocycles. The molecule has 150 valence electrons. The van der Waals surface area contributed by atoms with Crippen LogP contribution < -0.4 is 10.6 Å². The van der Waals surface area contributed by atoms with Crippen molar-refractivity contribution in [2.24, 2.45) is 0 Å². The van der Waals surface area contributed by atoms with Gasteiger partial charge in [-0.3, -0.25) is 9.59 Å². The molecule has 3 rings (SSSR count). The zero-order chi connectivity index (χ0) is 20.3. The standard InChI is InChI=1S/C21H21N3O2S3/c25-19(14-27-17-7-3-1-4-8-17)22-12-11-16-13-29-21(23-16)24-20(26)15-28-18-9-5-2-6-10-18/h1-10,13H,11-12,14-15H2,(H,22,25)(H,23,24,26). The van der Waals surface area contributed by atoms with Crippen LogP contribution in [0.2, 0.25) is 0 Å². The highest BCUT2D eigenvalue weighted by Gasteiger charge is 2.08. The number of hydrogen-bond donors (Lipinski definition) is 2. The molecule has 0 aliphatic rings. The molecule has 1 aromatic heterocycles. The van der Waals surface area contributed by atoms with Gasteiger partial charge in [-0.15, -0.1) is 34.9 Å². The minimum Gasteiger partial charge on any atom is -0.355 e. The SMILES string of the molecule is O=C(CSc1ccccc1)NCCc1csc(NC(=O)CSc2ccccc2)n1. The monoisotopic (exact) mass is 443 g/mol. The van der Waals surface area contributed by atoms with Crippen LogP contribution in [-0.4, -0.2) is 34.8 Å². The van der Waals surface area contributed by atoms with Crippen molar-refractivity contribution < 1.29 is 9.59 Å². The van der Waals surface area contributed by atoms with Gasteiger partial charge in [-0.2, -0.15) is 0 Å². The molecule has 29 heavy (non-hydrogen) atoms. The third-order valence-electron chi connectivity index (χ3n) is 3.73. The molecule has 1 heterocycles. The molecule has 8 heteroatoms. The number of benzene rings is 2. The van der Waals surface area contributed by atoms with E-state index in [1.165, 1.54) is 34.9 Å². The van der Waals surface area contributed by atoms with Crippen molar-refractivity contribution in [1.82, 2.24) is 10.3 Å². The van der Waals surface area contributed by atoms with Crippen LogP contribution >= 0.6 is 34.9 Å². The summed E-state index contributed by atoms with van der Waals surface area (Å²) in [5, 5.41) is 8.23. The normalized spacial score (nSPS) is 10.5. The van der Waals surface area contributed by atoms with Gasteiger partial charge in [0.15, 0.2) is 5.13 Å². The van der Waals surface area contributed by atoms with Gasteiger partial charge in [0.05, 0.1) is 17.2 Å². The maximum absolute atomic E-state index is 12.1. The number of nitrogens with zero attached hydrogens (tertiary/aromatic N) is 1. The molecular formula is C21H21N3O2S3. The highest BCUT2D eigenvalue weighted by Crippen LogP contribution is 2.19. The number of carbonyl (C=O) groups is 2. The minimum atomic E-state index is -0.0778. The van der Waals surface area contributed by atoms with E-state index in [-0.39, 0.29) is 11.8 Å². The van der Waals surface area contributed by atoms with Gasteiger partial charge in [-0.25, -0.2) is 4.98 Å². The maximum atomic E-state index is 12.1. The third-order valence-corrected chi connectivity index (χ3v) is 6.56. The molecule has 0 saturated heterocycles. The number of aromatic nitrogens is 1. The van der Waals surface area contributed by atoms with Crippen LogP contribution in [0.25, 0.3) is 0 Å². The maximum Gasteiger partial charge on any atom is 0.236 e. The first-order valence-electron chi connectivity index (χ1n) is 9.06. The number of hydrogen-bond acceptors (Lipinski definition) is 6. The summed E-state index contributed by atoms with van der Waals surface area (Å²) >= 11 is 4.40. The Kier molecular flexibility index (Phi) is 8.60. The molecular weight excluding hydrogens is 422 g/mol. The minimum absolute atomic E-state index is 0.000505. The predicted molar refractivity (Wildman–Crippen MR) is 122 cm³/mol. The first-order chi connectivity index (χ1) is 14.2. The van der Waals surface area contributed by atoms with Crippen molar-refractivity contribution in [3.63, 3.8) is 0 Å². The van der Waals surface area contributed by atoms with Crippen molar-refractivity contribution in [1.29, 1.82) is 0 Å². The smallest absolute Gasteiger partial charge is 0.236 e. The van der Waals surface area contributed by atoms with E-state index in [4.69, 9.17) is 0 Å². The van der Waals surface area contributed by atoms with Gasteiger partial charge >= 0.3 is 0 Å². The van der Waals surface area contributed by atoms with E-state index < -0.39 is 0 Å². The Morgan fingerprint density at radius 3 is 2.07 bits per heavy atom. The van der Waals surface area contributed by atoms with Gasteiger partial charge in [-0.1, -0.05) is 36.4 Å². The fraction of sp³-hybridized carbons (Fsp3) is 0.190. The molecule has 5 nitrogen and oxygen atoms in total. The van der Waals surface area contributed by atoms with Gasteiger partial charge in [0.25, 0.3) is 0 Å². The van der Waals surface area contributed by atoms with Crippen molar-refractivity contribution in [2.45, 2.75) is 16.2 Å². The lowest BCUT2D eigenvalue weighted by Gasteiger charge is -2.04. The highest BCUT2D eigenvalue weighted by molar-refractivity contribution is 8.00. The summed E-state index contributed by atoms with van der Waals surface area (Å²) in [6.45, 7) is 0.523. The summed E-state index contributed by atoms with van der Waals surface area (Å²) in [5.41, 5.74) is 0.858. The van der Waals surface area contributed by atoms with Crippen LogP contribution in [0.4, 0.5) is 5.13 Å². The number of thiazole rings is 1. The number of carbonyl (C=O) groups excluding carboxylic acids is 2. The second-order valence-corrected chi connectivity index (χ2v) is 8.95. The van der Waals surface area contributed by atoms with Crippen LogP contribution in [0.1, 0.15) is 5.69 Å². The molecule has 2 aromatic carbocycles. The average Bonchev–Trinajstić information content (AvgIpc) is 3.19. The first kappa shape index (κ1) is 21.4. The van der Waals surface area contributed by atoms with Gasteiger partial charge in [0.2, 0.25) is 11.8 Å². The van der Waals surface area contributed by atoms with E-state index in [1.807, 2.05) is 66.0 Å². The topological polar surface area (TPSA) is 71.1 Å². The number of thioether (sulfide) groups is 2. The van der Waals surface area contributed by atoms with Crippen molar-refractivity contribution in [3.8, 4) is 0 Å². The van der Waals surface area contributed by atoms with Crippen molar-refractivity contribution in [2.75, 3.05) is 23.4 Å². The highest BCUT2D eigenvalue weighted by atomic mass is 32.2. The Labute approximate surface area is 182 Å². The van der Waals surface area contributed by atoms with E-state index in [9.17, 15) is 9.59 Å². The van der Waals surface area contributed by atoms with Gasteiger partial charge in [0, 0.05) is 28.1 Å². The third kappa shape index (κ3) is 7.92. The quantitative estimate of drug-likeness (QED) is 0.457. The zero-order valence-electron chi connectivity index (χ0n) is 15.7. The fourth-order valence-corrected chi connectivity index (χ4v) is 4.58. The second kappa shape index (κ2) is 11.6. The molecule has 0 fully saturated rings. The molecule has 0 radical (unpaired) electrons. The van der Waals surface area contributed by atoms with Gasteiger partial charge in [-0.05, 0) is 24.3 Å². The van der Waals surface area contributed by atoms with E-state index >= 15 is 0 Å². The molecule has 3 aromatic rings. The molecule has 0 saturated carbocycles. The van der Waals surface area contributed by atoms with Crippen LogP contribution in [0.5, 0.6) is 0 Å². The number of anilines is 1. The first-order valence-corrected chi connectivity index (χ1v) is 11.9. The van der Waals surface area contributed by atoms with Gasteiger partial charge in [0.1, 0.15) is 0 Å². The zero-order valence-corrected chi connectivity index (χ0v) is 18.1. The van der Waals surface area contributed by atoms with Crippen LogP contribution in [0.15, 0.2) is 75.8 Å². The lowest BCUT2D eigenvalue weighted by molar-refractivity contribution is -0.118. The number of rotatable bonds is 10. The van der Waals surface area contributed by atoms with E-state index in [0.717, 1.165) is 15.5 Å². The Morgan fingerprint density at radius 2 is 1.45 bits per heavy atom. The van der Waals surface area contributed by atoms with Gasteiger partial charge < -0.3 is 10.6 Å². The summed E-state index contributed by atoms with van der Waals surface area (Å²) in [5.74, 6) is 0.654. The average molecular weight is 444 g/mol. The lowest BCUT2D eigenvalue weighted by atomic mass is 10.3. The largest absolute Gasteiger partial charge is 0.355 e. The lowest BCUT2D eigenvalue weighted by Crippen LogP contribution is -2.27. The summed E-state index contributed by atoms with van der Waals surface area (Å²) < 4.78 is 0. The molecule has 0 atom stereocenters. The Balaban J connectivity index is 1.33. The molecule has 2 N–H and O–H groups in total. The number of amides is 2. The fourth-order valence-electron chi connectivity index (χ4n) is 2.35. The summed E-state index contributed by atoms with van der Waals surface area (Å²) in [7, 11) is 0. The molecule has 0 bridgehead atoms. The molecule has 0 unspecified atom stereocenters. The molecule has 0 aliphatic carbocycles. The van der Waals surface area contributed by atoms with E-state index in [2.05, 4.69) is 15.6 Å². The number of nitrogens with one attached hydrogen (secondary N) is 2. The van der Waals surface area contributed by atoms with E-state index in [1.54, 1.807) is 0 Å². The predicted octanol–water partition coefficient (Wildman–Crippen LogP) is 4.32. The second-order valence-electron chi connectivity index (χ2n) is 6.00. The van der Waals surface area contributed by atoms with Crippen molar-refractivity contribution in [3.05, 3.63) is 71.7 Å². The van der Waals surface area contributed by atoms with E-state index in [0.29, 0.717) is 29.6 Å². The Hall–Kier alpha value is -2.29. The Bertz CT molecular complexity index is 917. The van der Waals surface area contributed by atoms with Crippen molar-refractivity contribution >= 4 is 51.8 Å². The van der Waals surface area contributed by atoms with Crippen LogP contribution in [0, 0.1) is 0 Å². The summed E-state index contributed by atoms with van der Waals surface area (Å²) in [6, 6.07) is 19.7.